The first kappa shape index (κ1) is 15.2. The van der Waals surface area contributed by atoms with E-state index in [-0.39, 0.29) is 18.4 Å². The van der Waals surface area contributed by atoms with Crippen molar-refractivity contribution in [3.63, 3.8) is 0 Å². The third-order valence-electron chi connectivity index (χ3n) is 3.50. The van der Waals surface area contributed by atoms with Gasteiger partial charge in [-0.2, -0.15) is 17.0 Å². The van der Waals surface area contributed by atoms with Crippen LogP contribution in [0.25, 0.3) is 0 Å². The second-order valence-electron chi connectivity index (χ2n) is 4.87. The van der Waals surface area contributed by atoms with Gasteiger partial charge in [-0.1, -0.05) is 0 Å². The van der Waals surface area contributed by atoms with E-state index in [2.05, 4.69) is 0 Å². The van der Waals surface area contributed by atoms with Crippen LogP contribution in [0.5, 0.6) is 0 Å². The molecule has 2 aliphatic rings. The highest BCUT2D eigenvalue weighted by molar-refractivity contribution is 7.86. The quantitative estimate of drug-likeness (QED) is 0.795. The molecule has 1 saturated carbocycles. The fraction of sp³-hybridized carbons (Fsp3) is 1.00. The number of nitrogens with zero attached hydrogens (tertiary/aromatic N) is 2. The number of rotatable bonds is 5. The first-order valence-electron chi connectivity index (χ1n) is 5.99. The van der Waals surface area contributed by atoms with E-state index in [1.807, 2.05) is 0 Å². The molecule has 102 valence electrons. The molecule has 1 heterocycles. The smallest absolute Gasteiger partial charge is 0.282 e. The van der Waals surface area contributed by atoms with Gasteiger partial charge in [0, 0.05) is 32.7 Å². The zero-order valence-electron chi connectivity index (χ0n) is 10.2. The zero-order valence-corrected chi connectivity index (χ0v) is 11.8. The van der Waals surface area contributed by atoms with Crippen molar-refractivity contribution in [2.75, 3.05) is 26.7 Å². The SMILES string of the molecule is CN(CC1CC1)S(=O)(=O)N1CCCC1CN.Cl. The molecule has 0 aromatic carbocycles. The fourth-order valence-corrected chi connectivity index (χ4v) is 3.97. The molecule has 0 radical (unpaired) electrons. The summed E-state index contributed by atoms with van der Waals surface area (Å²) in [5.41, 5.74) is 5.61. The summed E-state index contributed by atoms with van der Waals surface area (Å²) in [4.78, 5) is 0. The van der Waals surface area contributed by atoms with Gasteiger partial charge in [-0.15, -0.1) is 12.4 Å². The van der Waals surface area contributed by atoms with Crippen molar-refractivity contribution in [2.24, 2.45) is 11.7 Å². The van der Waals surface area contributed by atoms with Gasteiger partial charge in [0.15, 0.2) is 0 Å². The number of halogens is 1. The van der Waals surface area contributed by atoms with E-state index in [1.165, 1.54) is 17.1 Å². The van der Waals surface area contributed by atoms with Crippen molar-refractivity contribution in [1.29, 1.82) is 0 Å². The molecule has 7 heteroatoms. The predicted molar refractivity (Wildman–Crippen MR) is 70.3 cm³/mol. The Hall–Kier alpha value is 0.120. The maximum absolute atomic E-state index is 12.3. The lowest BCUT2D eigenvalue weighted by Crippen LogP contribution is -2.47. The number of nitrogens with two attached hydrogens (primary N) is 1. The van der Waals surface area contributed by atoms with E-state index >= 15 is 0 Å². The summed E-state index contributed by atoms with van der Waals surface area (Å²) in [7, 11) is -1.59. The van der Waals surface area contributed by atoms with Crippen LogP contribution >= 0.6 is 12.4 Å². The van der Waals surface area contributed by atoms with Gasteiger partial charge in [0.1, 0.15) is 0 Å². The molecule has 17 heavy (non-hydrogen) atoms. The average molecular weight is 284 g/mol. The highest BCUT2D eigenvalue weighted by atomic mass is 35.5. The largest absolute Gasteiger partial charge is 0.329 e. The van der Waals surface area contributed by atoms with Gasteiger partial charge in [-0.25, -0.2) is 0 Å². The molecule has 0 aromatic heterocycles. The van der Waals surface area contributed by atoms with E-state index in [1.54, 1.807) is 11.4 Å². The van der Waals surface area contributed by atoms with Crippen LogP contribution < -0.4 is 5.73 Å². The highest BCUT2D eigenvalue weighted by Crippen LogP contribution is 2.31. The van der Waals surface area contributed by atoms with Crippen molar-refractivity contribution in [3.05, 3.63) is 0 Å². The first-order chi connectivity index (χ1) is 7.55. The van der Waals surface area contributed by atoms with Gasteiger partial charge in [0.25, 0.3) is 10.2 Å². The maximum atomic E-state index is 12.3. The van der Waals surface area contributed by atoms with Crippen molar-refractivity contribution < 1.29 is 8.42 Å². The van der Waals surface area contributed by atoms with Crippen LogP contribution in [0, 0.1) is 5.92 Å². The predicted octanol–water partition coefficient (Wildman–Crippen LogP) is 0.418. The fourth-order valence-electron chi connectivity index (χ4n) is 2.29. The molecule has 1 aliphatic heterocycles. The maximum Gasteiger partial charge on any atom is 0.282 e. The third kappa shape index (κ3) is 3.32. The van der Waals surface area contributed by atoms with Gasteiger partial charge >= 0.3 is 0 Å². The molecule has 2 N–H and O–H groups in total. The molecule has 1 atom stereocenters. The lowest BCUT2D eigenvalue weighted by atomic mass is 10.2. The molecule has 0 bridgehead atoms. The van der Waals surface area contributed by atoms with Gasteiger partial charge < -0.3 is 5.73 Å². The van der Waals surface area contributed by atoms with E-state index in [0.29, 0.717) is 25.6 Å². The van der Waals surface area contributed by atoms with Crippen molar-refractivity contribution in [3.8, 4) is 0 Å². The Labute approximate surface area is 110 Å². The summed E-state index contributed by atoms with van der Waals surface area (Å²) in [6.07, 6.45) is 4.16. The zero-order chi connectivity index (χ0) is 11.8. The summed E-state index contributed by atoms with van der Waals surface area (Å²) in [5, 5.41) is 0. The molecule has 0 amide bonds. The first-order valence-corrected chi connectivity index (χ1v) is 7.38. The summed E-state index contributed by atoms with van der Waals surface area (Å²) >= 11 is 0. The second kappa shape index (κ2) is 5.84. The molecule has 0 aromatic rings. The Morgan fingerprint density at radius 3 is 2.53 bits per heavy atom. The Kier molecular flexibility index (Phi) is 5.21. The second-order valence-corrected chi connectivity index (χ2v) is 6.86. The molecule has 0 spiro atoms. The van der Waals surface area contributed by atoms with Gasteiger partial charge in [0.2, 0.25) is 0 Å². The minimum atomic E-state index is -3.27. The molecule has 2 rings (SSSR count). The normalized spacial score (nSPS) is 26.2. The Morgan fingerprint density at radius 1 is 1.35 bits per heavy atom. The van der Waals surface area contributed by atoms with Crippen molar-refractivity contribution in [2.45, 2.75) is 31.7 Å². The molecule has 2 fully saturated rings. The van der Waals surface area contributed by atoms with Gasteiger partial charge in [0.05, 0.1) is 0 Å². The van der Waals surface area contributed by atoms with Crippen LogP contribution in [0.3, 0.4) is 0 Å². The van der Waals surface area contributed by atoms with Crippen LogP contribution in [0.15, 0.2) is 0 Å². The van der Waals surface area contributed by atoms with Crippen LogP contribution in [-0.4, -0.2) is 49.8 Å². The third-order valence-corrected chi connectivity index (χ3v) is 5.51. The summed E-state index contributed by atoms with van der Waals surface area (Å²) in [6.45, 7) is 1.71. The number of hydrogen-bond acceptors (Lipinski definition) is 3. The molecule has 1 saturated heterocycles. The van der Waals surface area contributed by atoms with Gasteiger partial charge in [-0.3, -0.25) is 0 Å². The van der Waals surface area contributed by atoms with Crippen molar-refractivity contribution in [1.82, 2.24) is 8.61 Å². The van der Waals surface area contributed by atoms with Crippen LogP contribution in [0.1, 0.15) is 25.7 Å². The lowest BCUT2D eigenvalue weighted by Gasteiger charge is -2.28. The summed E-state index contributed by atoms with van der Waals surface area (Å²) < 4.78 is 27.6. The molecule has 1 unspecified atom stereocenters. The molecular formula is C10H22ClN3O2S. The summed E-state index contributed by atoms with van der Waals surface area (Å²) in [6, 6.07) is 0.00616. The number of hydrogen-bond donors (Lipinski definition) is 1. The molecular weight excluding hydrogens is 262 g/mol. The minimum absolute atomic E-state index is 0. The lowest BCUT2D eigenvalue weighted by molar-refractivity contribution is 0.342. The van der Waals surface area contributed by atoms with Crippen LogP contribution in [0.2, 0.25) is 0 Å². The Morgan fingerprint density at radius 2 is 2.00 bits per heavy atom. The minimum Gasteiger partial charge on any atom is -0.329 e. The van der Waals surface area contributed by atoms with Crippen molar-refractivity contribution >= 4 is 22.6 Å². The van der Waals surface area contributed by atoms with Crippen LogP contribution in [0.4, 0.5) is 0 Å². The summed E-state index contributed by atoms with van der Waals surface area (Å²) in [5.74, 6) is 0.582. The molecule has 1 aliphatic carbocycles. The topological polar surface area (TPSA) is 66.6 Å². The monoisotopic (exact) mass is 283 g/mol. The van der Waals surface area contributed by atoms with E-state index in [4.69, 9.17) is 5.73 Å². The van der Waals surface area contributed by atoms with E-state index < -0.39 is 10.2 Å². The van der Waals surface area contributed by atoms with Gasteiger partial charge in [-0.05, 0) is 31.6 Å². The highest BCUT2D eigenvalue weighted by Gasteiger charge is 2.37. The Balaban J connectivity index is 0.00000144. The Bertz CT molecular complexity index is 345. The standard InChI is InChI=1S/C10H21N3O2S.ClH/c1-12(8-9-4-5-9)16(14,15)13-6-2-3-10(13)7-11;/h9-10H,2-8,11H2,1H3;1H. The van der Waals surface area contributed by atoms with E-state index in [0.717, 1.165) is 12.8 Å². The van der Waals surface area contributed by atoms with E-state index in [9.17, 15) is 8.42 Å². The van der Waals surface area contributed by atoms with Crippen LogP contribution in [-0.2, 0) is 10.2 Å². The average Bonchev–Trinajstić information content (AvgIpc) is 2.92. The molecule has 5 nitrogen and oxygen atoms in total.